The van der Waals surface area contributed by atoms with E-state index in [1.54, 1.807) is 12.1 Å². The van der Waals surface area contributed by atoms with Crippen molar-refractivity contribution in [1.29, 1.82) is 0 Å². The largest absolute Gasteiger partial charge is 0.480 e. The van der Waals surface area contributed by atoms with Crippen LogP contribution in [0, 0.1) is 5.82 Å². The number of sulfonamides is 1. The van der Waals surface area contributed by atoms with Gasteiger partial charge in [-0.1, -0.05) is 12.1 Å². The van der Waals surface area contributed by atoms with Crippen LogP contribution in [0.2, 0.25) is 0 Å². The summed E-state index contributed by atoms with van der Waals surface area (Å²) in [5, 5.41) is 7.69. The molecule has 2 heterocycles. The molecule has 9 heteroatoms. The summed E-state index contributed by atoms with van der Waals surface area (Å²) in [6.07, 6.45) is 0.914. The molecule has 1 unspecified atom stereocenters. The number of benzene rings is 1. The van der Waals surface area contributed by atoms with E-state index in [0.29, 0.717) is 25.3 Å². The molecule has 0 bridgehead atoms. The molecule has 1 aliphatic rings. The van der Waals surface area contributed by atoms with Gasteiger partial charge in [-0.3, -0.25) is 0 Å². The molecule has 1 aliphatic heterocycles. The fraction of sp³-hybridized carbons (Fsp3) is 0.375. The SMILES string of the molecule is COc1ccc(OC2CCCN(S(=O)(=O)c3ccccc3F)C2)nn1. The monoisotopic (exact) mass is 367 g/mol. The summed E-state index contributed by atoms with van der Waals surface area (Å²) in [5.74, 6) is -0.109. The molecule has 2 aromatic rings. The first kappa shape index (κ1) is 17.6. The lowest BCUT2D eigenvalue weighted by Gasteiger charge is -2.31. The molecule has 1 saturated heterocycles. The van der Waals surface area contributed by atoms with Crippen molar-refractivity contribution in [3.8, 4) is 11.8 Å². The Kier molecular flexibility index (Phi) is 5.14. The zero-order chi connectivity index (χ0) is 17.9. The number of halogens is 1. The number of ether oxygens (including phenoxy) is 2. The van der Waals surface area contributed by atoms with Gasteiger partial charge in [0.1, 0.15) is 16.8 Å². The van der Waals surface area contributed by atoms with E-state index in [9.17, 15) is 12.8 Å². The first-order valence-corrected chi connectivity index (χ1v) is 9.24. The Labute approximate surface area is 145 Å². The van der Waals surface area contributed by atoms with E-state index in [1.165, 1.54) is 29.6 Å². The minimum atomic E-state index is -3.91. The summed E-state index contributed by atoms with van der Waals surface area (Å²) in [7, 11) is -2.42. The van der Waals surface area contributed by atoms with Crippen LogP contribution in [0.5, 0.6) is 11.8 Å². The van der Waals surface area contributed by atoms with Crippen molar-refractivity contribution in [3.05, 3.63) is 42.2 Å². The summed E-state index contributed by atoms with van der Waals surface area (Å²) in [5.41, 5.74) is 0. The van der Waals surface area contributed by atoms with E-state index in [-0.39, 0.29) is 23.4 Å². The lowest BCUT2D eigenvalue weighted by atomic mass is 10.1. The Morgan fingerprint density at radius 1 is 1.16 bits per heavy atom. The summed E-state index contributed by atoms with van der Waals surface area (Å²) < 4.78 is 51.1. The maximum absolute atomic E-state index is 13.9. The molecule has 0 radical (unpaired) electrons. The quantitative estimate of drug-likeness (QED) is 0.802. The van der Waals surface area contributed by atoms with E-state index in [4.69, 9.17) is 9.47 Å². The topological polar surface area (TPSA) is 81.6 Å². The van der Waals surface area contributed by atoms with Crippen molar-refractivity contribution in [2.75, 3.05) is 20.2 Å². The van der Waals surface area contributed by atoms with Crippen LogP contribution < -0.4 is 9.47 Å². The molecule has 0 amide bonds. The van der Waals surface area contributed by atoms with Crippen LogP contribution in [0.3, 0.4) is 0 Å². The molecule has 0 aliphatic carbocycles. The number of hydrogen-bond donors (Lipinski definition) is 0. The van der Waals surface area contributed by atoms with Crippen LogP contribution in [0.1, 0.15) is 12.8 Å². The Balaban J connectivity index is 1.73. The van der Waals surface area contributed by atoms with Gasteiger partial charge in [0.05, 0.1) is 13.7 Å². The van der Waals surface area contributed by atoms with Gasteiger partial charge in [0.25, 0.3) is 0 Å². The molecule has 0 saturated carbocycles. The van der Waals surface area contributed by atoms with Crippen LogP contribution in [0.25, 0.3) is 0 Å². The maximum atomic E-state index is 13.9. The number of piperidine rings is 1. The highest BCUT2D eigenvalue weighted by Gasteiger charge is 2.32. The summed E-state index contributed by atoms with van der Waals surface area (Å²) in [6, 6.07) is 8.58. The van der Waals surface area contributed by atoms with Gasteiger partial charge < -0.3 is 9.47 Å². The molecule has 0 N–H and O–H groups in total. The average molecular weight is 367 g/mol. The van der Waals surface area contributed by atoms with Gasteiger partial charge in [-0.25, -0.2) is 12.8 Å². The van der Waals surface area contributed by atoms with E-state index in [1.807, 2.05) is 0 Å². The zero-order valence-electron chi connectivity index (χ0n) is 13.6. The van der Waals surface area contributed by atoms with Crippen molar-refractivity contribution in [3.63, 3.8) is 0 Å². The van der Waals surface area contributed by atoms with Gasteiger partial charge >= 0.3 is 0 Å². The zero-order valence-corrected chi connectivity index (χ0v) is 14.4. The third kappa shape index (κ3) is 3.88. The first-order chi connectivity index (χ1) is 12.0. The molecule has 134 valence electrons. The van der Waals surface area contributed by atoms with Crippen LogP contribution in [-0.4, -0.2) is 49.2 Å². The van der Waals surface area contributed by atoms with Crippen LogP contribution >= 0.6 is 0 Å². The van der Waals surface area contributed by atoms with Crippen molar-refractivity contribution in [2.24, 2.45) is 0 Å². The van der Waals surface area contributed by atoms with Gasteiger partial charge in [-0.2, -0.15) is 4.31 Å². The van der Waals surface area contributed by atoms with Crippen molar-refractivity contribution < 1.29 is 22.3 Å². The minimum Gasteiger partial charge on any atom is -0.480 e. The Bertz CT molecular complexity index is 830. The number of rotatable bonds is 5. The Morgan fingerprint density at radius 2 is 1.88 bits per heavy atom. The molecule has 1 aromatic carbocycles. The van der Waals surface area contributed by atoms with E-state index in [2.05, 4.69) is 10.2 Å². The predicted molar refractivity (Wildman–Crippen MR) is 87.4 cm³/mol. The van der Waals surface area contributed by atoms with Gasteiger partial charge in [0.2, 0.25) is 21.8 Å². The standard InChI is InChI=1S/C16H18FN3O4S/c1-23-15-8-9-16(19-18-15)24-12-5-4-10-20(11-12)25(21,22)14-7-3-2-6-13(14)17/h2-3,6-9,12H,4-5,10-11H2,1H3. The van der Waals surface area contributed by atoms with Crippen LogP contribution in [0.15, 0.2) is 41.3 Å². The molecule has 25 heavy (non-hydrogen) atoms. The normalized spacial score (nSPS) is 18.7. The Morgan fingerprint density at radius 3 is 2.56 bits per heavy atom. The summed E-state index contributed by atoms with van der Waals surface area (Å²) in [6.45, 7) is 0.454. The Hall–Kier alpha value is -2.26. The molecule has 1 fully saturated rings. The molecular formula is C16H18FN3O4S. The van der Waals surface area contributed by atoms with E-state index >= 15 is 0 Å². The van der Waals surface area contributed by atoms with E-state index in [0.717, 1.165) is 6.07 Å². The van der Waals surface area contributed by atoms with Gasteiger partial charge in [-0.05, 0) is 25.0 Å². The number of aromatic nitrogens is 2. The lowest BCUT2D eigenvalue weighted by Crippen LogP contribution is -2.44. The first-order valence-electron chi connectivity index (χ1n) is 7.80. The molecule has 1 atom stereocenters. The minimum absolute atomic E-state index is 0.129. The molecule has 1 aromatic heterocycles. The lowest BCUT2D eigenvalue weighted by molar-refractivity contribution is 0.123. The highest BCUT2D eigenvalue weighted by molar-refractivity contribution is 7.89. The number of methoxy groups -OCH3 is 1. The molecule has 7 nitrogen and oxygen atoms in total. The van der Waals surface area contributed by atoms with Crippen molar-refractivity contribution in [1.82, 2.24) is 14.5 Å². The smallest absolute Gasteiger partial charge is 0.246 e. The van der Waals surface area contributed by atoms with Crippen LogP contribution in [-0.2, 0) is 10.0 Å². The van der Waals surface area contributed by atoms with Gasteiger partial charge in [-0.15, -0.1) is 10.2 Å². The highest BCUT2D eigenvalue weighted by atomic mass is 32.2. The summed E-state index contributed by atoms with van der Waals surface area (Å²) in [4.78, 5) is -0.320. The second-order valence-electron chi connectivity index (χ2n) is 5.59. The third-order valence-corrected chi connectivity index (χ3v) is 5.81. The number of nitrogens with zero attached hydrogens (tertiary/aromatic N) is 3. The summed E-state index contributed by atoms with van der Waals surface area (Å²) >= 11 is 0. The second-order valence-corrected chi connectivity index (χ2v) is 7.50. The molecule has 0 spiro atoms. The predicted octanol–water partition coefficient (Wildman–Crippen LogP) is 1.86. The van der Waals surface area contributed by atoms with Gasteiger partial charge in [0, 0.05) is 18.7 Å². The van der Waals surface area contributed by atoms with E-state index < -0.39 is 15.8 Å². The maximum Gasteiger partial charge on any atom is 0.246 e. The fourth-order valence-corrected chi connectivity index (χ4v) is 4.24. The van der Waals surface area contributed by atoms with Crippen molar-refractivity contribution in [2.45, 2.75) is 23.8 Å². The van der Waals surface area contributed by atoms with Crippen molar-refractivity contribution >= 4 is 10.0 Å². The average Bonchev–Trinajstić information content (AvgIpc) is 2.63. The third-order valence-electron chi connectivity index (χ3n) is 3.91. The molecule has 3 rings (SSSR count). The molecular weight excluding hydrogens is 349 g/mol. The highest BCUT2D eigenvalue weighted by Crippen LogP contribution is 2.24. The van der Waals surface area contributed by atoms with Crippen LogP contribution in [0.4, 0.5) is 4.39 Å². The second kappa shape index (κ2) is 7.32. The number of hydrogen-bond acceptors (Lipinski definition) is 6. The van der Waals surface area contributed by atoms with Gasteiger partial charge in [0.15, 0.2) is 0 Å². The fourth-order valence-electron chi connectivity index (χ4n) is 2.66.